The molecule has 0 atom stereocenters. The molecule has 0 fully saturated rings. The summed E-state index contributed by atoms with van der Waals surface area (Å²) in [6, 6.07) is 28.1. The Morgan fingerprint density at radius 2 is 1.61 bits per heavy atom. The minimum absolute atomic E-state index is 0.102. The summed E-state index contributed by atoms with van der Waals surface area (Å²) in [5, 5.41) is 5.31. The molecule has 0 bridgehead atoms. The summed E-state index contributed by atoms with van der Waals surface area (Å²) < 4.78 is 8.01. The number of nitrogens with zero attached hydrogens (tertiary/aromatic N) is 2. The van der Waals surface area contributed by atoms with Gasteiger partial charge in [0.2, 0.25) is 5.91 Å². The molecule has 33 heavy (non-hydrogen) atoms. The molecule has 1 heterocycles. The average Bonchev–Trinajstić information content (AvgIpc) is 3.14. The number of hydrogen-bond acceptors (Lipinski definition) is 3. The Morgan fingerprint density at radius 1 is 0.879 bits per heavy atom. The highest BCUT2D eigenvalue weighted by Gasteiger charge is 2.15. The summed E-state index contributed by atoms with van der Waals surface area (Å²) >= 11 is 0. The number of amides is 1. The summed E-state index contributed by atoms with van der Waals surface area (Å²) in [6.45, 7) is 4.47. The highest BCUT2D eigenvalue weighted by Crippen LogP contribution is 2.23. The minimum Gasteiger partial charge on any atom is -0.486 e. The van der Waals surface area contributed by atoms with Gasteiger partial charge in [0.1, 0.15) is 24.7 Å². The summed E-state index contributed by atoms with van der Waals surface area (Å²) in [7, 11) is 0. The van der Waals surface area contributed by atoms with E-state index in [2.05, 4.69) is 23.5 Å². The predicted molar refractivity (Wildman–Crippen MR) is 133 cm³/mol. The van der Waals surface area contributed by atoms with Gasteiger partial charge in [-0.25, -0.2) is 4.98 Å². The first-order valence-corrected chi connectivity index (χ1v) is 11.0. The van der Waals surface area contributed by atoms with E-state index in [1.54, 1.807) is 0 Å². The summed E-state index contributed by atoms with van der Waals surface area (Å²) in [4.78, 5) is 17.7. The van der Waals surface area contributed by atoms with E-state index in [4.69, 9.17) is 9.72 Å². The van der Waals surface area contributed by atoms with Gasteiger partial charge < -0.3 is 14.6 Å². The van der Waals surface area contributed by atoms with Crippen LogP contribution in [0.2, 0.25) is 0 Å². The smallest absolute Gasteiger partial charge is 0.244 e. The zero-order valence-electron chi connectivity index (χ0n) is 18.7. The number of rotatable bonds is 6. The number of hydrogen-bond donors (Lipinski definition) is 1. The Bertz CT molecular complexity index is 1450. The number of carbonyl (C=O) groups is 1. The first-order valence-electron chi connectivity index (χ1n) is 11.0. The zero-order valence-corrected chi connectivity index (χ0v) is 18.7. The second-order valence-corrected chi connectivity index (χ2v) is 8.33. The zero-order chi connectivity index (χ0) is 22.8. The molecule has 5 heteroatoms. The lowest BCUT2D eigenvalue weighted by atomic mass is 10.1. The van der Waals surface area contributed by atoms with Crippen molar-refractivity contribution >= 4 is 33.4 Å². The van der Waals surface area contributed by atoms with Gasteiger partial charge in [-0.05, 0) is 72.1 Å². The molecule has 164 valence electrons. The standard InChI is InChI=1S/C28H25N3O2/c1-19-13-20(2)15-23(14-19)29-28(32)17-31-26-10-6-5-9-25(26)30-27(31)18-33-24-12-11-21-7-3-4-8-22(21)16-24/h3-16H,17-18H2,1-2H3,(H,29,32). The van der Waals surface area contributed by atoms with Crippen LogP contribution in [0.15, 0.2) is 84.9 Å². The highest BCUT2D eigenvalue weighted by molar-refractivity contribution is 5.92. The Morgan fingerprint density at radius 3 is 2.42 bits per heavy atom. The van der Waals surface area contributed by atoms with E-state index >= 15 is 0 Å². The summed E-state index contributed by atoms with van der Waals surface area (Å²) in [6.07, 6.45) is 0. The maximum atomic E-state index is 12.9. The molecule has 0 aliphatic carbocycles. The van der Waals surface area contributed by atoms with Crippen LogP contribution in [0.4, 0.5) is 5.69 Å². The second kappa shape index (κ2) is 8.79. The lowest BCUT2D eigenvalue weighted by molar-refractivity contribution is -0.116. The van der Waals surface area contributed by atoms with E-state index in [1.165, 1.54) is 5.39 Å². The van der Waals surface area contributed by atoms with E-state index in [-0.39, 0.29) is 19.1 Å². The lowest BCUT2D eigenvalue weighted by Gasteiger charge is -2.12. The number of nitrogens with one attached hydrogen (secondary N) is 1. The lowest BCUT2D eigenvalue weighted by Crippen LogP contribution is -2.21. The van der Waals surface area contributed by atoms with Crippen LogP contribution in [0, 0.1) is 13.8 Å². The van der Waals surface area contributed by atoms with Gasteiger partial charge >= 0.3 is 0 Å². The third-order valence-electron chi connectivity index (χ3n) is 5.63. The van der Waals surface area contributed by atoms with E-state index in [9.17, 15) is 4.79 Å². The molecule has 0 aliphatic heterocycles. The van der Waals surface area contributed by atoms with Crippen molar-refractivity contribution in [1.82, 2.24) is 9.55 Å². The molecule has 1 amide bonds. The third kappa shape index (κ3) is 4.58. The van der Waals surface area contributed by atoms with E-state index in [0.29, 0.717) is 5.82 Å². The molecular weight excluding hydrogens is 410 g/mol. The number of ether oxygens (including phenoxy) is 1. The van der Waals surface area contributed by atoms with Gasteiger partial charge in [0.05, 0.1) is 11.0 Å². The SMILES string of the molecule is Cc1cc(C)cc(NC(=O)Cn2c(COc3ccc4ccccc4c3)nc3ccccc32)c1. The number of anilines is 1. The Balaban J connectivity index is 1.39. The molecule has 5 rings (SSSR count). The van der Waals surface area contributed by atoms with Gasteiger partial charge in [-0.3, -0.25) is 4.79 Å². The molecule has 0 radical (unpaired) electrons. The van der Waals surface area contributed by atoms with E-state index in [0.717, 1.165) is 39.0 Å². The van der Waals surface area contributed by atoms with Gasteiger partial charge in [-0.2, -0.15) is 0 Å². The summed E-state index contributed by atoms with van der Waals surface area (Å²) in [5.74, 6) is 1.38. The van der Waals surface area contributed by atoms with Crippen molar-refractivity contribution in [3.63, 3.8) is 0 Å². The minimum atomic E-state index is -0.102. The van der Waals surface area contributed by atoms with Crippen LogP contribution in [-0.4, -0.2) is 15.5 Å². The van der Waals surface area contributed by atoms with E-state index in [1.807, 2.05) is 85.1 Å². The van der Waals surface area contributed by atoms with Crippen molar-refractivity contribution in [1.29, 1.82) is 0 Å². The predicted octanol–water partition coefficient (Wildman–Crippen LogP) is 6.02. The number of para-hydroxylation sites is 2. The van der Waals surface area contributed by atoms with E-state index < -0.39 is 0 Å². The van der Waals surface area contributed by atoms with Crippen molar-refractivity contribution < 1.29 is 9.53 Å². The Labute approximate surface area is 192 Å². The van der Waals surface area contributed by atoms with Crippen LogP contribution in [0.1, 0.15) is 17.0 Å². The van der Waals surface area contributed by atoms with Crippen LogP contribution >= 0.6 is 0 Å². The van der Waals surface area contributed by atoms with Crippen molar-refractivity contribution in [2.45, 2.75) is 27.0 Å². The van der Waals surface area contributed by atoms with Crippen molar-refractivity contribution in [3.05, 3.63) is 102 Å². The summed E-state index contributed by atoms with van der Waals surface area (Å²) in [5.41, 5.74) is 4.78. The van der Waals surface area contributed by atoms with Gasteiger partial charge in [0, 0.05) is 5.69 Å². The molecule has 0 spiro atoms. The van der Waals surface area contributed by atoms with Crippen LogP contribution in [-0.2, 0) is 17.9 Å². The quantitative estimate of drug-likeness (QED) is 0.355. The van der Waals surface area contributed by atoms with Crippen LogP contribution in [0.5, 0.6) is 5.75 Å². The number of aryl methyl sites for hydroxylation is 2. The second-order valence-electron chi connectivity index (χ2n) is 8.33. The molecule has 0 saturated heterocycles. The fraction of sp³-hybridized carbons (Fsp3) is 0.143. The molecule has 5 aromatic rings. The first kappa shape index (κ1) is 20.8. The monoisotopic (exact) mass is 435 g/mol. The van der Waals surface area contributed by atoms with Crippen molar-refractivity contribution in [3.8, 4) is 5.75 Å². The molecule has 0 aliphatic rings. The topological polar surface area (TPSA) is 56.2 Å². The number of fused-ring (bicyclic) bond motifs is 2. The average molecular weight is 436 g/mol. The van der Waals surface area contributed by atoms with Crippen molar-refractivity contribution in [2.24, 2.45) is 0 Å². The maximum absolute atomic E-state index is 12.9. The van der Waals surface area contributed by atoms with Gasteiger partial charge in [0.25, 0.3) is 0 Å². The fourth-order valence-electron chi connectivity index (χ4n) is 4.21. The molecule has 0 saturated carbocycles. The number of benzene rings is 4. The largest absolute Gasteiger partial charge is 0.486 e. The molecule has 1 N–H and O–H groups in total. The van der Waals surface area contributed by atoms with Gasteiger partial charge in [-0.1, -0.05) is 48.5 Å². The van der Waals surface area contributed by atoms with Crippen LogP contribution in [0.3, 0.4) is 0 Å². The molecule has 0 unspecified atom stereocenters. The first-order chi connectivity index (χ1) is 16.0. The van der Waals surface area contributed by atoms with Crippen molar-refractivity contribution in [2.75, 3.05) is 5.32 Å². The Kier molecular flexibility index (Phi) is 5.53. The van der Waals surface area contributed by atoms with Gasteiger partial charge in [-0.15, -0.1) is 0 Å². The Hall–Kier alpha value is -4.12. The molecule has 1 aromatic heterocycles. The fourth-order valence-corrected chi connectivity index (χ4v) is 4.21. The highest BCUT2D eigenvalue weighted by atomic mass is 16.5. The normalized spacial score (nSPS) is 11.1. The van der Waals surface area contributed by atoms with Gasteiger partial charge in [0.15, 0.2) is 0 Å². The molecule has 5 nitrogen and oxygen atoms in total. The third-order valence-corrected chi connectivity index (χ3v) is 5.63. The molecule has 4 aromatic carbocycles. The number of aromatic nitrogens is 2. The number of imidazole rings is 1. The number of carbonyl (C=O) groups excluding carboxylic acids is 1. The van der Waals surface area contributed by atoms with Crippen LogP contribution in [0.25, 0.3) is 21.8 Å². The maximum Gasteiger partial charge on any atom is 0.244 e. The molecular formula is C28H25N3O2. The van der Waals surface area contributed by atoms with Crippen LogP contribution < -0.4 is 10.1 Å².